The molecule has 2 aliphatic rings. The van der Waals surface area contributed by atoms with Crippen LogP contribution in [0.4, 0.5) is 9.59 Å². The fourth-order valence-corrected chi connectivity index (χ4v) is 3.94. The van der Waals surface area contributed by atoms with E-state index >= 15 is 0 Å². The number of aryl methyl sites for hydroxylation is 1. The largest absolute Gasteiger partial charge is 0.444 e. The third kappa shape index (κ3) is 12.8. The zero-order valence-corrected chi connectivity index (χ0v) is 24.9. The van der Waals surface area contributed by atoms with Gasteiger partial charge < -0.3 is 24.4 Å². The zero-order valence-electron chi connectivity index (χ0n) is 23.3. The van der Waals surface area contributed by atoms with E-state index in [9.17, 15) is 18.0 Å². The number of amides is 2. The normalized spacial score (nSPS) is 16.3. The van der Waals surface area contributed by atoms with Crippen molar-refractivity contribution in [3.05, 3.63) is 29.8 Å². The first-order chi connectivity index (χ1) is 16.8. The molecule has 1 N–H and O–H groups in total. The molecule has 0 bridgehead atoms. The van der Waals surface area contributed by atoms with Crippen LogP contribution in [0.3, 0.4) is 0 Å². The summed E-state index contributed by atoms with van der Waals surface area (Å²) in [5.41, 5.74) is 0.213. The summed E-state index contributed by atoms with van der Waals surface area (Å²) in [7, 11) is 1.54. The highest BCUT2D eigenvalue weighted by atomic mass is 35.7. The maximum absolute atomic E-state index is 11.4. The Bertz CT molecular complexity index is 930. The summed E-state index contributed by atoms with van der Waals surface area (Å²) in [6.45, 7) is 18.3. The fraction of sp³-hybridized carbons (Fsp3) is 0.692. The Kier molecular flexibility index (Phi) is 12.2. The molecule has 37 heavy (non-hydrogen) atoms. The van der Waals surface area contributed by atoms with Gasteiger partial charge in [0, 0.05) is 49.4 Å². The van der Waals surface area contributed by atoms with E-state index in [4.69, 9.17) is 25.3 Å². The van der Waals surface area contributed by atoms with Crippen LogP contribution in [-0.4, -0.2) is 79.5 Å². The second-order valence-electron chi connectivity index (χ2n) is 11.3. The highest BCUT2D eigenvalue weighted by Crippen LogP contribution is 2.21. The van der Waals surface area contributed by atoms with Crippen LogP contribution in [0.2, 0.25) is 0 Å². The molecule has 0 aliphatic carbocycles. The van der Waals surface area contributed by atoms with Crippen molar-refractivity contribution in [2.45, 2.75) is 77.9 Å². The summed E-state index contributed by atoms with van der Waals surface area (Å²) in [6.07, 6.45) is 0.702. The molecule has 3 rings (SSSR count). The number of aliphatic hydroxyl groups excluding tert-OH is 1. The van der Waals surface area contributed by atoms with Gasteiger partial charge in [-0.1, -0.05) is 24.6 Å². The number of hydrogen-bond donors (Lipinski definition) is 1. The van der Waals surface area contributed by atoms with Crippen molar-refractivity contribution in [2.75, 3.05) is 32.8 Å². The molecule has 0 aromatic heterocycles. The van der Waals surface area contributed by atoms with Crippen LogP contribution in [0.1, 0.15) is 60.5 Å². The number of rotatable bonds is 3. The minimum absolute atomic E-state index is 0.143. The standard InChI is InChI=1S/C10H19NO2.C9H17NO3.C7H7ClO2S/c1-5-8-6-11(7-8)9(12)13-10(2,3)4;1-9(2,3)13-8(12)10-4-7(5-10)6-11;1-6-2-4-7(5-3-6)11(8,9)10/h8H,5-7H2,1-4H3;7,11H,4-6H2,1-3H3;2-5H,1H3. The van der Waals surface area contributed by atoms with Crippen molar-refractivity contribution in [3.63, 3.8) is 0 Å². The molecule has 2 saturated heterocycles. The van der Waals surface area contributed by atoms with E-state index in [-0.39, 0.29) is 35.2 Å². The van der Waals surface area contributed by atoms with E-state index < -0.39 is 14.7 Å². The molecule has 2 heterocycles. The van der Waals surface area contributed by atoms with E-state index in [1.54, 1.807) is 21.9 Å². The van der Waals surface area contributed by atoms with Crippen molar-refractivity contribution in [2.24, 2.45) is 11.8 Å². The summed E-state index contributed by atoms with van der Waals surface area (Å²) in [5.74, 6) is 0.931. The maximum atomic E-state index is 11.4. The monoisotopic (exact) mass is 562 g/mol. The molecule has 0 saturated carbocycles. The van der Waals surface area contributed by atoms with Crippen molar-refractivity contribution >= 4 is 31.9 Å². The Hall–Kier alpha value is -2.04. The average Bonchev–Trinajstić information content (AvgIpc) is 2.64. The lowest BCUT2D eigenvalue weighted by Crippen LogP contribution is -2.52. The highest BCUT2D eigenvalue weighted by Gasteiger charge is 2.33. The maximum Gasteiger partial charge on any atom is 0.410 e. The predicted octanol–water partition coefficient (Wildman–Crippen LogP) is 5.03. The third-order valence-electron chi connectivity index (χ3n) is 5.36. The van der Waals surface area contributed by atoms with Crippen LogP contribution >= 0.6 is 10.7 Å². The summed E-state index contributed by atoms with van der Waals surface area (Å²) in [6, 6.07) is 6.37. The van der Waals surface area contributed by atoms with Gasteiger partial charge in [-0.05, 0) is 72.9 Å². The van der Waals surface area contributed by atoms with Crippen LogP contribution < -0.4 is 0 Å². The van der Waals surface area contributed by atoms with E-state index in [0.717, 1.165) is 25.1 Å². The van der Waals surface area contributed by atoms with Crippen LogP contribution in [0.15, 0.2) is 29.2 Å². The molecule has 0 radical (unpaired) electrons. The van der Waals surface area contributed by atoms with Gasteiger partial charge in [-0.2, -0.15) is 0 Å². The molecule has 1 aromatic rings. The Labute approximate surface area is 226 Å². The van der Waals surface area contributed by atoms with E-state index in [2.05, 4.69) is 6.92 Å². The minimum Gasteiger partial charge on any atom is -0.444 e. The van der Waals surface area contributed by atoms with Crippen molar-refractivity contribution in [3.8, 4) is 0 Å². The number of ether oxygens (including phenoxy) is 2. The van der Waals surface area contributed by atoms with Crippen molar-refractivity contribution < 1.29 is 32.6 Å². The molecule has 0 unspecified atom stereocenters. The Morgan fingerprint density at radius 1 is 0.892 bits per heavy atom. The van der Waals surface area contributed by atoms with Crippen molar-refractivity contribution in [1.82, 2.24) is 9.80 Å². The van der Waals surface area contributed by atoms with Crippen molar-refractivity contribution in [1.29, 1.82) is 0 Å². The Morgan fingerprint density at radius 3 is 1.57 bits per heavy atom. The first-order valence-corrected chi connectivity index (χ1v) is 14.7. The molecule has 212 valence electrons. The number of likely N-dealkylation sites (tertiary alicyclic amines) is 2. The van der Waals surface area contributed by atoms with Gasteiger partial charge >= 0.3 is 12.2 Å². The SMILES string of the molecule is CC(C)(C)OC(=O)N1CC(CO)C1.CCC1CN(C(=O)OC(C)(C)C)C1.Cc1ccc(S(=O)(=O)Cl)cc1. The van der Waals surface area contributed by atoms with Gasteiger partial charge in [0.25, 0.3) is 9.05 Å². The smallest absolute Gasteiger partial charge is 0.410 e. The second kappa shape index (κ2) is 13.7. The first-order valence-electron chi connectivity index (χ1n) is 12.4. The molecule has 2 aliphatic heterocycles. The number of carbonyl (C=O) groups is 2. The summed E-state index contributed by atoms with van der Waals surface area (Å²) < 4.78 is 31.8. The van der Waals surface area contributed by atoms with Crippen LogP contribution in [0.5, 0.6) is 0 Å². The lowest BCUT2D eigenvalue weighted by molar-refractivity contribution is -0.00981. The van der Waals surface area contributed by atoms with Gasteiger partial charge in [0.15, 0.2) is 0 Å². The fourth-order valence-electron chi connectivity index (χ4n) is 3.17. The van der Waals surface area contributed by atoms with E-state index in [1.807, 2.05) is 48.5 Å². The van der Waals surface area contributed by atoms with Gasteiger partial charge in [0.05, 0.1) is 4.90 Å². The molecular formula is C26H43ClN2O7S. The zero-order chi connectivity index (χ0) is 28.6. The molecule has 9 nitrogen and oxygen atoms in total. The molecule has 11 heteroatoms. The first kappa shape index (κ1) is 33.0. The van der Waals surface area contributed by atoms with Gasteiger partial charge in [0.2, 0.25) is 0 Å². The number of benzene rings is 1. The third-order valence-corrected chi connectivity index (χ3v) is 6.73. The van der Waals surface area contributed by atoms with Crippen LogP contribution in [0, 0.1) is 18.8 Å². The molecule has 1 aromatic carbocycles. The lowest BCUT2D eigenvalue weighted by Gasteiger charge is -2.39. The molecule has 0 spiro atoms. The quantitative estimate of drug-likeness (QED) is 0.514. The predicted molar refractivity (Wildman–Crippen MR) is 144 cm³/mol. The van der Waals surface area contributed by atoms with Crippen LogP contribution in [0.25, 0.3) is 0 Å². The van der Waals surface area contributed by atoms with Gasteiger partial charge in [0.1, 0.15) is 11.2 Å². The Balaban J connectivity index is 0.000000279. The van der Waals surface area contributed by atoms with Crippen LogP contribution in [-0.2, 0) is 18.5 Å². The molecular weight excluding hydrogens is 520 g/mol. The Morgan fingerprint density at radius 2 is 1.27 bits per heavy atom. The number of nitrogens with zero attached hydrogens (tertiary/aromatic N) is 2. The number of aliphatic hydroxyl groups is 1. The number of halogens is 1. The molecule has 2 fully saturated rings. The summed E-state index contributed by atoms with van der Waals surface area (Å²) >= 11 is 0. The van der Waals surface area contributed by atoms with Gasteiger partial charge in [-0.3, -0.25) is 0 Å². The highest BCUT2D eigenvalue weighted by molar-refractivity contribution is 8.13. The van der Waals surface area contributed by atoms with Gasteiger partial charge in [-0.15, -0.1) is 0 Å². The van der Waals surface area contributed by atoms with E-state index in [1.165, 1.54) is 12.1 Å². The molecule has 0 atom stereocenters. The minimum atomic E-state index is -3.55. The lowest BCUT2D eigenvalue weighted by atomic mass is 9.98. The number of hydrogen-bond acceptors (Lipinski definition) is 7. The van der Waals surface area contributed by atoms with E-state index in [0.29, 0.717) is 19.0 Å². The topological polar surface area (TPSA) is 113 Å². The summed E-state index contributed by atoms with van der Waals surface area (Å²) in [5, 5.41) is 8.74. The summed E-state index contributed by atoms with van der Waals surface area (Å²) in [4.78, 5) is 26.2. The number of carbonyl (C=O) groups excluding carboxylic acids is 2. The second-order valence-corrected chi connectivity index (χ2v) is 13.9. The average molecular weight is 563 g/mol. The van der Waals surface area contributed by atoms with Gasteiger partial charge in [-0.25, -0.2) is 18.0 Å². The molecule has 2 amide bonds.